The molecule has 3 heteroatoms. The highest BCUT2D eigenvalue weighted by Crippen LogP contribution is 2.18. The van der Waals surface area contributed by atoms with Crippen molar-refractivity contribution in [1.82, 2.24) is 4.90 Å². The van der Waals surface area contributed by atoms with E-state index in [2.05, 4.69) is 39.6 Å². The van der Waals surface area contributed by atoms with E-state index >= 15 is 0 Å². The fourth-order valence-electron chi connectivity index (χ4n) is 1.18. The first-order chi connectivity index (χ1) is 6.22. The van der Waals surface area contributed by atoms with Crippen molar-refractivity contribution >= 4 is 17.2 Å². The van der Waals surface area contributed by atoms with Gasteiger partial charge in [-0.15, -0.1) is 0 Å². The lowest BCUT2D eigenvalue weighted by molar-refractivity contribution is 0.254. The van der Waals surface area contributed by atoms with Crippen molar-refractivity contribution in [3.8, 4) is 0 Å². The van der Waals surface area contributed by atoms with Crippen molar-refractivity contribution < 1.29 is 0 Å². The van der Waals surface area contributed by atoms with Crippen LogP contribution in [0.4, 0.5) is 0 Å². The molecule has 0 amide bonds. The minimum Gasteiger partial charge on any atom is -0.393 e. The summed E-state index contributed by atoms with van der Waals surface area (Å²) in [5.74, 6) is 0.315. The van der Waals surface area contributed by atoms with Gasteiger partial charge in [0.1, 0.15) is 0 Å². The van der Waals surface area contributed by atoms with Crippen LogP contribution in [0.2, 0.25) is 0 Å². The zero-order valence-electron chi connectivity index (χ0n) is 10.1. The fraction of sp³-hybridized carbons (Fsp3) is 0.909. The summed E-state index contributed by atoms with van der Waals surface area (Å²) >= 11 is 4.95. The molecule has 14 heavy (non-hydrogen) atoms. The summed E-state index contributed by atoms with van der Waals surface area (Å²) in [5, 5.41) is 0. The SMILES string of the molecule is CC(CN(C)CCC(C)(C)C)C(N)=S. The summed E-state index contributed by atoms with van der Waals surface area (Å²) in [7, 11) is 2.13. The van der Waals surface area contributed by atoms with Crippen molar-refractivity contribution in [2.75, 3.05) is 20.1 Å². The Bertz CT molecular complexity index is 184. The third kappa shape index (κ3) is 7.27. The largest absolute Gasteiger partial charge is 0.393 e. The summed E-state index contributed by atoms with van der Waals surface area (Å²) in [5.41, 5.74) is 5.97. The normalized spacial score (nSPS) is 14.4. The van der Waals surface area contributed by atoms with Crippen LogP contribution in [0.1, 0.15) is 34.1 Å². The molecule has 0 aromatic heterocycles. The van der Waals surface area contributed by atoms with Crippen molar-refractivity contribution in [3.05, 3.63) is 0 Å². The Morgan fingerprint density at radius 3 is 2.29 bits per heavy atom. The van der Waals surface area contributed by atoms with Crippen molar-refractivity contribution in [1.29, 1.82) is 0 Å². The average molecular weight is 216 g/mol. The highest BCUT2D eigenvalue weighted by Gasteiger charge is 2.13. The van der Waals surface area contributed by atoms with E-state index in [1.54, 1.807) is 0 Å². The summed E-state index contributed by atoms with van der Waals surface area (Å²) < 4.78 is 0. The van der Waals surface area contributed by atoms with Crippen LogP contribution in [-0.2, 0) is 0 Å². The summed E-state index contributed by atoms with van der Waals surface area (Å²) in [6, 6.07) is 0. The quantitative estimate of drug-likeness (QED) is 0.715. The van der Waals surface area contributed by atoms with Crippen molar-refractivity contribution in [3.63, 3.8) is 0 Å². The van der Waals surface area contributed by atoms with Gasteiger partial charge in [-0.1, -0.05) is 39.9 Å². The number of nitrogens with zero attached hydrogens (tertiary/aromatic N) is 1. The molecular formula is C11H24N2S. The molecule has 1 atom stereocenters. The van der Waals surface area contributed by atoms with E-state index in [-0.39, 0.29) is 0 Å². The van der Waals surface area contributed by atoms with E-state index < -0.39 is 0 Å². The lowest BCUT2D eigenvalue weighted by atomic mass is 9.92. The van der Waals surface area contributed by atoms with Gasteiger partial charge in [-0.05, 0) is 25.4 Å². The second-order valence-corrected chi connectivity index (χ2v) is 5.85. The Balaban J connectivity index is 3.76. The van der Waals surface area contributed by atoms with E-state index in [0.717, 1.165) is 13.1 Å². The lowest BCUT2D eigenvalue weighted by Crippen LogP contribution is -2.33. The van der Waals surface area contributed by atoms with Crippen molar-refractivity contribution in [2.24, 2.45) is 17.1 Å². The number of rotatable bonds is 5. The molecule has 2 nitrogen and oxygen atoms in total. The smallest absolute Gasteiger partial charge is 0.0768 e. The molecular weight excluding hydrogens is 192 g/mol. The predicted octanol–water partition coefficient (Wildman–Crippen LogP) is 2.28. The van der Waals surface area contributed by atoms with E-state index in [0.29, 0.717) is 16.3 Å². The molecule has 0 heterocycles. The molecule has 0 radical (unpaired) electrons. The Morgan fingerprint density at radius 1 is 1.43 bits per heavy atom. The Hall–Kier alpha value is -0.150. The van der Waals surface area contributed by atoms with Crippen LogP contribution in [0.3, 0.4) is 0 Å². The molecule has 0 rings (SSSR count). The molecule has 0 aromatic carbocycles. The van der Waals surface area contributed by atoms with Gasteiger partial charge in [-0.25, -0.2) is 0 Å². The number of hydrogen-bond acceptors (Lipinski definition) is 2. The molecule has 0 fully saturated rings. The first-order valence-corrected chi connectivity index (χ1v) is 5.61. The molecule has 0 aliphatic carbocycles. The van der Waals surface area contributed by atoms with Crippen LogP contribution in [0.15, 0.2) is 0 Å². The topological polar surface area (TPSA) is 29.3 Å². The minimum absolute atomic E-state index is 0.315. The molecule has 1 unspecified atom stereocenters. The third-order valence-electron chi connectivity index (χ3n) is 2.31. The van der Waals surface area contributed by atoms with Gasteiger partial charge in [-0.3, -0.25) is 0 Å². The van der Waals surface area contributed by atoms with Crippen LogP contribution < -0.4 is 5.73 Å². The Kier molecular flexibility index (Phi) is 5.60. The number of thiocarbonyl (C=S) groups is 1. The second-order valence-electron chi connectivity index (χ2n) is 5.38. The van der Waals surface area contributed by atoms with Crippen LogP contribution >= 0.6 is 12.2 Å². The standard InChI is InChI=1S/C11H24N2S/c1-9(10(12)14)8-13(5)7-6-11(2,3)4/h9H,6-8H2,1-5H3,(H2,12,14). The number of hydrogen-bond donors (Lipinski definition) is 1. The first-order valence-electron chi connectivity index (χ1n) is 5.20. The summed E-state index contributed by atoms with van der Waals surface area (Å²) in [6.45, 7) is 10.9. The molecule has 2 N–H and O–H groups in total. The average Bonchev–Trinajstić information content (AvgIpc) is 1.99. The zero-order valence-corrected chi connectivity index (χ0v) is 10.9. The van der Waals surface area contributed by atoms with E-state index in [4.69, 9.17) is 18.0 Å². The fourth-order valence-corrected chi connectivity index (χ4v) is 1.25. The molecule has 0 aromatic rings. The monoisotopic (exact) mass is 216 g/mol. The van der Waals surface area contributed by atoms with Gasteiger partial charge in [0, 0.05) is 12.5 Å². The maximum Gasteiger partial charge on any atom is 0.0768 e. The van der Waals surface area contributed by atoms with E-state index in [1.807, 2.05) is 0 Å². The highest BCUT2D eigenvalue weighted by molar-refractivity contribution is 7.80. The molecule has 0 bridgehead atoms. The second kappa shape index (κ2) is 5.66. The van der Waals surface area contributed by atoms with Crippen LogP contribution in [-0.4, -0.2) is 30.0 Å². The third-order valence-corrected chi connectivity index (χ3v) is 2.72. The van der Waals surface area contributed by atoms with E-state index in [9.17, 15) is 0 Å². The van der Waals surface area contributed by atoms with Gasteiger partial charge in [0.2, 0.25) is 0 Å². The minimum atomic E-state index is 0.315. The summed E-state index contributed by atoms with van der Waals surface area (Å²) in [4.78, 5) is 2.92. The van der Waals surface area contributed by atoms with Gasteiger partial charge in [-0.2, -0.15) is 0 Å². The maximum atomic E-state index is 5.57. The Labute approximate surface area is 93.8 Å². The molecule has 0 spiro atoms. The highest BCUT2D eigenvalue weighted by atomic mass is 32.1. The van der Waals surface area contributed by atoms with Gasteiger partial charge in [0.05, 0.1) is 4.99 Å². The number of nitrogens with two attached hydrogens (primary N) is 1. The van der Waals surface area contributed by atoms with Gasteiger partial charge < -0.3 is 10.6 Å². The maximum absolute atomic E-state index is 5.57. The summed E-state index contributed by atoms with van der Waals surface area (Å²) in [6.07, 6.45) is 1.20. The van der Waals surface area contributed by atoms with Crippen LogP contribution in [0, 0.1) is 11.3 Å². The molecule has 84 valence electrons. The zero-order chi connectivity index (χ0) is 11.4. The van der Waals surface area contributed by atoms with E-state index in [1.165, 1.54) is 6.42 Å². The van der Waals surface area contributed by atoms with Crippen LogP contribution in [0.5, 0.6) is 0 Å². The molecule has 0 aliphatic rings. The molecule has 0 saturated heterocycles. The van der Waals surface area contributed by atoms with Gasteiger partial charge >= 0.3 is 0 Å². The lowest BCUT2D eigenvalue weighted by Gasteiger charge is -2.25. The van der Waals surface area contributed by atoms with Gasteiger partial charge in [0.15, 0.2) is 0 Å². The van der Waals surface area contributed by atoms with Crippen molar-refractivity contribution in [2.45, 2.75) is 34.1 Å². The predicted molar refractivity (Wildman–Crippen MR) is 67.5 cm³/mol. The van der Waals surface area contributed by atoms with Crippen LogP contribution in [0.25, 0.3) is 0 Å². The van der Waals surface area contributed by atoms with Gasteiger partial charge in [0.25, 0.3) is 0 Å². The Morgan fingerprint density at radius 2 is 1.93 bits per heavy atom. The molecule has 0 aliphatic heterocycles. The first kappa shape index (κ1) is 13.8. The molecule has 0 saturated carbocycles.